The number of alkyl halides is 2. The molecule has 2 atom stereocenters. The maximum atomic E-state index is 13.6. The number of hydrogen-bond acceptors (Lipinski definition) is 6. The van der Waals surface area contributed by atoms with Gasteiger partial charge in [0, 0.05) is 42.9 Å². The first-order chi connectivity index (χ1) is 13.9. The fraction of sp³-hybridized carbons (Fsp3) is 0.571. The molecule has 1 saturated heterocycles. The molecule has 1 fully saturated rings. The number of hydrogen-bond donors (Lipinski definition) is 1. The zero-order chi connectivity index (χ0) is 22.3. The van der Waals surface area contributed by atoms with Crippen molar-refractivity contribution >= 4 is 28.2 Å². The van der Waals surface area contributed by atoms with E-state index in [1.54, 1.807) is 4.90 Å². The molecular formula is C21H27F2N5OS. The molecule has 0 bridgehead atoms. The first kappa shape index (κ1) is 22.7. The minimum Gasteiger partial charge on any atom is -0.598 e. The molecule has 0 amide bonds. The van der Waals surface area contributed by atoms with Gasteiger partial charge in [0.1, 0.15) is 10.8 Å². The van der Waals surface area contributed by atoms with E-state index in [2.05, 4.69) is 15.8 Å². The summed E-state index contributed by atoms with van der Waals surface area (Å²) in [6.45, 7) is 9.72. The van der Waals surface area contributed by atoms with E-state index in [-0.39, 0.29) is 37.7 Å². The van der Waals surface area contributed by atoms with Gasteiger partial charge in [0.2, 0.25) is 0 Å². The normalized spacial score (nSPS) is 18.8. The Morgan fingerprint density at radius 3 is 2.47 bits per heavy atom. The highest BCUT2D eigenvalue weighted by atomic mass is 32.2. The summed E-state index contributed by atoms with van der Waals surface area (Å²) in [5.41, 5.74) is 3.02. The van der Waals surface area contributed by atoms with Crippen molar-refractivity contribution in [3.8, 4) is 6.07 Å². The molecule has 0 saturated carbocycles. The Morgan fingerprint density at radius 1 is 1.27 bits per heavy atom. The summed E-state index contributed by atoms with van der Waals surface area (Å²) in [7, 11) is 0. The molecule has 2 aromatic rings. The molecule has 0 spiro atoms. The van der Waals surface area contributed by atoms with Gasteiger partial charge in [-0.05, 0) is 46.2 Å². The predicted molar refractivity (Wildman–Crippen MR) is 115 cm³/mol. The third kappa shape index (κ3) is 4.82. The van der Waals surface area contributed by atoms with Crippen LogP contribution in [0.3, 0.4) is 0 Å². The standard InChI is InChI=1S/C21H27F2N5OS/c1-13-10-15(14(2)27-30(29)20(3,4)5)18-16(11-13)25-17(12-24)19(26-18)28-8-6-21(22,23)7-9-28/h10-11,14,27H,6-9H2,1-5H3/t14-,30-/m1/s1. The van der Waals surface area contributed by atoms with Crippen LogP contribution in [0.1, 0.15) is 63.4 Å². The van der Waals surface area contributed by atoms with Crippen LogP contribution in [-0.4, -0.2) is 38.3 Å². The molecule has 6 nitrogen and oxygen atoms in total. The molecule has 0 unspecified atom stereocenters. The Morgan fingerprint density at radius 2 is 1.90 bits per heavy atom. The van der Waals surface area contributed by atoms with Crippen LogP contribution in [-0.2, 0) is 11.4 Å². The number of halogens is 2. The van der Waals surface area contributed by atoms with E-state index >= 15 is 0 Å². The molecule has 1 aromatic heterocycles. The lowest BCUT2D eigenvalue weighted by atomic mass is 10.0. The lowest BCUT2D eigenvalue weighted by Crippen LogP contribution is -2.41. The van der Waals surface area contributed by atoms with E-state index in [9.17, 15) is 18.6 Å². The number of nitriles is 1. The minimum atomic E-state index is -2.69. The number of fused-ring (bicyclic) bond motifs is 1. The predicted octanol–water partition coefficient (Wildman–Crippen LogP) is 4.16. The molecule has 2 heterocycles. The zero-order valence-electron chi connectivity index (χ0n) is 17.9. The van der Waals surface area contributed by atoms with Crippen molar-refractivity contribution < 1.29 is 13.3 Å². The highest BCUT2D eigenvalue weighted by Gasteiger charge is 2.35. The number of aromatic nitrogens is 2. The molecule has 3 rings (SSSR count). The number of piperidine rings is 1. The summed E-state index contributed by atoms with van der Waals surface area (Å²) in [5, 5.41) is 9.59. The molecule has 1 aliphatic rings. The van der Waals surface area contributed by atoms with Gasteiger partial charge in [0.25, 0.3) is 5.92 Å². The summed E-state index contributed by atoms with van der Waals surface area (Å²) in [6, 6.07) is 5.57. The number of aryl methyl sites for hydroxylation is 1. The first-order valence-corrected chi connectivity index (χ1v) is 11.1. The van der Waals surface area contributed by atoms with Crippen LogP contribution in [0.5, 0.6) is 0 Å². The molecule has 1 N–H and O–H groups in total. The Kier molecular flexibility index (Phi) is 6.23. The second kappa shape index (κ2) is 8.25. The van der Waals surface area contributed by atoms with Crippen LogP contribution in [0.15, 0.2) is 12.1 Å². The summed E-state index contributed by atoms with van der Waals surface area (Å²) >= 11 is -1.29. The van der Waals surface area contributed by atoms with E-state index in [1.807, 2.05) is 46.8 Å². The lowest BCUT2D eigenvalue weighted by Gasteiger charge is -2.33. The van der Waals surface area contributed by atoms with Gasteiger partial charge in [-0.25, -0.2) is 18.7 Å². The lowest BCUT2D eigenvalue weighted by molar-refractivity contribution is -0.0221. The molecular weight excluding hydrogens is 408 g/mol. The molecule has 9 heteroatoms. The maximum absolute atomic E-state index is 13.6. The van der Waals surface area contributed by atoms with E-state index in [1.165, 1.54) is 0 Å². The number of nitrogens with one attached hydrogen (secondary N) is 1. The van der Waals surface area contributed by atoms with Crippen molar-refractivity contribution in [2.45, 2.75) is 64.2 Å². The number of nitrogens with zero attached hydrogens (tertiary/aromatic N) is 4. The smallest absolute Gasteiger partial charge is 0.251 e. The van der Waals surface area contributed by atoms with Gasteiger partial charge in [0.15, 0.2) is 11.5 Å². The molecule has 30 heavy (non-hydrogen) atoms. The van der Waals surface area contributed by atoms with Crippen molar-refractivity contribution in [1.29, 1.82) is 5.26 Å². The fourth-order valence-corrected chi connectivity index (χ4v) is 4.20. The minimum absolute atomic E-state index is 0.116. The van der Waals surface area contributed by atoms with Gasteiger partial charge >= 0.3 is 0 Å². The van der Waals surface area contributed by atoms with Gasteiger partial charge in [-0.1, -0.05) is 6.07 Å². The summed E-state index contributed by atoms with van der Waals surface area (Å²) in [6.07, 6.45) is -0.554. The van der Waals surface area contributed by atoms with Crippen LogP contribution in [0, 0.1) is 18.3 Å². The van der Waals surface area contributed by atoms with Gasteiger partial charge in [-0.15, -0.1) is 4.72 Å². The van der Waals surface area contributed by atoms with Crippen molar-refractivity contribution in [3.63, 3.8) is 0 Å². The summed E-state index contributed by atoms with van der Waals surface area (Å²) in [5.74, 6) is -2.36. The number of benzene rings is 1. The molecule has 1 aromatic carbocycles. The Bertz CT molecular complexity index is 976. The molecule has 162 valence electrons. The van der Waals surface area contributed by atoms with Crippen molar-refractivity contribution in [1.82, 2.24) is 14.7 Å². The molecule has 0 aliphatic carbocycles. The SMILES string of the molecule is Cc1cc([C@@H](C)N[S@+]([O-])C(C)(C)C)c2nc(N3CCC(F)(F)CC3)c(C#N)nc2c1. The van der Waals surface area contributed by atoms with Gasteiger partial charge < -0.3 is 9.45 Å². The van der Waals surface area contributed by atoms with Crippen LogP contribution < -0.4 is 9.62 Å². The van der Waals surface area contributed by atoms with Crippen LogP contribution in [0.25, 0.3) is 11.0 Å². The second-order valence-corrected chi connectivity index (χ2v) is 10.8. The van der Waals surface area contributed by atoms with Crippen molar-refractivity contribution in [3.05, 3.63) is 29.0 Å². The largest absolute Gasteiger partial charge is 0.598 e. The average molecular weight is 436 g/mol. The van der Waals surface area contributed by atoms with Gasteiger partial charge in [-0.3, -0.25) is 0 Å². The highest BCUT2D eigenvalue weighted by Crippen LogP contribution is 2.33. The highest BCUT2D eigenvalue weighted by molar-refractivity contribution is 7.90. The number of rotatable bonds is 4. The van der Waals surface area contributed by atoms with E-state index < -0.39 is 22.0 Å². The Labute approximate surface area is 179 Å². The zero-order valence-corrected chi connectivity index (χ0v) is 18.7. The molecule has 1 aliphatic heterocycles. The van der Waals surface area contributed by atoms with E-state index in [0.717, 1.165) is 11.1 Å². The van der Waals surface area contributed by atoms with Crippen LogP contribution >= 0.6 is 0 Å². The topological polar surface area (TPSA) is 87.9 Å². The van der Waals surface area contributed by atoms with Gasteiger partial charge in [0.05, 0.1) is 17.1 Å². The maximum Gasteiger partial charge on any atom is 0.251 e. The fourth-order valence-electron chi connectivity index (χ4n) is 3.40. The van der Waals surface area contributed by atoms with Crippen LogP contribution in [0.2, 0.25) is 0 Å². The van der Waals surface area contributed by atoms with Crippen molar-refractivity contribution in [2.75, 3.05) is 18.0 Å². The third-order valence-electron chi connectivity index (χ3n) is 5.13. The number of anilines is 1. The quantitative estimate of drug-likeness (QED) is 0.726. The monoisotopic (exact) mass is 435 g/mol. The van der Waals surface area contributed by atoms with Crippen molar-refractivity contribution in [2.24, 2.45) is 0 Å². The molecule has 0 radical (unpaired) electrons. The van der Waals surface area contributed by atoms with Gasteiger partial charge in [-0.2, -0.15) is 5.26 Å². The summed E-state index contributed by atoms with van der Waals surface area (Å²) < 4.78 is 42.5. The Hall–Kier alpha value is -2.02. The average Bonchev–Trinajstić information content (AvgIpc) is 2.65. The van der Waals surface area contributed by atoms with E-state index in [0.29, 0.717) is 16.9 Å². The summed E-state index contributed by atoms with van der Waals surface area (Å²) in [4.78, 5) is 10.9. The second-order valence-electron chi connectivity index (χ2n) is 8.79. The first-order valence-electron chi connectivity index (χ1n) is 9.94. The third-order valence-corrected chi connectivity index (χ3v) is 6.81. The van der Waals surface area contributed by atoms with E-state index in [4.69, 9.17) is 4.98 Å². The Balaban J connectivity index is 2.05. The van der Waals surface area contributed by atoms with Crippen LogP contribution in [0.4, 0.5) is 14.6 Å².